The van der Waals surface area contributed by atoms with Gasteiger partial charge in [-0.25, -0.2) is 4.39 Å². The van der Waals surface area contributed by atoms with Crippen LogP contribution in [0.1, 0.15) is 78.0 Å². The first-order valence-corrected chi connectivity index (χ1v) is 12.1. The maximum Gasteiger partial charge on any atom is 0.416 e. The lowest BCUT2D eigenvalue weighted by molar-refractivity contribution is -0.138. The van der Waals surface area contributed by atoms with Crippen LogP contribution in [0.25, 0.3) is 0 Å². The zero-order valence-corrected chi connectivity index (χ0v) is 21.2. The number of aliphatic hydroxyl groups is 1. The molecule has 3 aromatic rings. The molecular weight excluding hydrogens is 488 g/mol. The Morgan fingerprint density at radius 1 is 1.11 bits per heavy atom. The monoisotopic (exact) mass is 518 g/mol. The number of nitrogens with zero attached hydrogens (tertiary/aromatic N) is 4. The number of carbonyl (C=O) groups is 1. The summed E-state index contributed by atoms with van der Waals surface area (Å²) >= 11 is 0. The van der Waals surface area contributed by atoms with Gasteiger partial charge in [0, 0.05) is 24.2 Å². The predicted octanol–water partition coefficient (Wildman–Crippen LogP) is 5.89. The molecule has 2 aliphatic rings. The molecule has 1 N–H and O–H groups in total. The Morgan fingerprint density at radius 2 is 1.81 bits per heavy atom. The normalized spacial score (nSPS) is 19.3. The van der Waals surface area contributed by atoms with Gasteiger partial charge in [0.25, 0.3) is 5.91 Å². The quantitative estimate of drug-likeness (QED) is 0.437. The van der Waals surface area contributed by atoms with Crippen LogP contribution in [-0.4, -0.2) is 25.8 Å². The molecule has 0 atom stereocenters. The number of alkyl halides is 4. The first-order valence-electron chi connectivity index (χ1n) is 12.1. The van der Waals surface area contributed by atoms with Gasteiger partial charge in [0.1, 0.15) is 17.8 Å². The van der Waals surface area contributed by atoms with Gasteiger partial charge in [-0.3, -0.25) is 4.79 Å². The summed E-state index contributed by atoms with van der Waals surface area (Å²) in [6, 6.07) is 8.27. The molecule has 0 spiro atoms. The average Bonchev–Trinajstić information content (AvgIpc) is 3.38. The van der Waals surface area contributed by atoms with E-state index in [1.807, 2.05) is 11.6 Å². The lowest BCUT2D eigenvalue weighted by Crippen LogP contribution is -2.23. The molecule has 1 saturated carbocycles. The second-order valence-corrected chi connectivity index (χ2v) is 10.3. The van der Waals surface area contributed by atoms with E-state index in [1.165, 1.54) is 43.7 Å². The highest BCUT2D eigenvalue weighted by Gasteiger charge is 2.40. The molecule has 198 valence electrons. The van der Waals surface area contributed by atoms with E-state index in [1.54, 1.807) is 24.5 Å². The fourth-order valence-electron chi connectivity index (χ4n) is 4.84. The molecule has 37 heavy (non-hydrogen) atoms. The van der Waals surface area contributed by atoms with E-state index < -0.39 is 29.9 Å². The molecule has 10 heteroatoms. The average molecular weight is 519 g/mol. The Bertz CT molecular complexity index is 1290. The van der Waals surface area contributed by atoms with Gasteiger partial charge in [-0.05, 0) is 73.6 Å². The van der Waals surface area contributed by atoms with Crippen molar-refractivity contribution in [1.29, 1.82) is 0 Å². The largest absolute Gasteiger partial charge is 0.416 e. The summed E-state index contributed by atoms with van der Waals surface area (Å²) < 4.78 is 56.3. The fourth-order valence-corrected chi connectivity index (χ4v) is 4.84. The number of hydrogen-bond donors (Lipinski definition) is 1. The smallest absolute Gasteiger partial charge is 0.392 e. The van der Waals surface area contributed by atoms with Crippen molar-refractivity contribution in [3.05, 3.63) is 76.4 Å². The van der Waals surface area contributed by atoms with Gasteiger partial charge in [-0.2, -0.15) is 13.2 Å². The van der Waals surface area contributed by atoms with Crippen LogP contribution < -0.4 is 4.90 Å². The molecule has 1 aromatic heterocycles. The molecule has 5 rings (SSSR count). The number of carbonyl (C=O) groups excluding carboxylic acids is 1. The summed E-state index contributed by atoms with van der Waals surface area (Å²) in [5.74, 6) is 2.12. The molecule has 1 amide bonds. The number of aryl methyl sites for hydroxylation is 1. The third kappa shape index (κ3) is 5.53. The lowest BCUT2D eigenvalue weighted by Gasteiger charge is -2.31. The van der Waals surface area contributed by atoms with Crippen LogP contribution in [0.4, 0.5) is 23.2 Å². The minimum absolute atomic E-state index is 0.0184. The van der Waals surface area contributed by atoms with Crippen LogP contribution in [0.5, 0.6) is 0 Å². The highest BCUT2D eigenvalue weighted by Crippen LogP contribution is 2.41. The van der Waals surface area contributed by atoms with Crippen molar-refractivity contribution in [3.8, 4) is 0 Å². The van der Waals surface area contributed by atoms with Crippen molar-refractivity contribution >= 4 is 11.6 Å². The molecule has 1 fully saturated rings. The third-order valence-electron chi connectivity index (χ3n) is 6.92. The van der Waals surface area contributed by atoms with Crippen LogP contribution in [0, 0.1) is 5.92 Å². The van der Waals surface area contributed by atoms with Crippen LogP contribution in [-0.2, 0) is 32.0 Å². The van der Waals surface area contributed by atoms with Gasteiger partial charge in [0.15, 0.2) is 0 Å². The van der Waals surface area contributed by atoms with E-state index in [2.05, 4.69) is 17.1 Å². The number of anilines is 1. The second-order valence-electron chi connectivity index (χ2n) is 10.3. The maximum atomic E-state index is 14.2. The van der Waals surface area contributed by atoms with Gasteiger partial charge >= 0.3 is 6.18 Å². The molecular formula is C27H30F4N4O2. The van der Waals surface area contributed by atoms with Crippen molar-refractivity contribution < 1.29 is 27.5 Å². The van der Waals surface area contributed by atoms with Crippen molar-refractivity contribution in [2.45, 2.75) is 64.5 Å². The van der Waals surface area contributed by atoms with E-state index in [4.69, 9.17) is 0 Å². The zero-order chi connectivity index (χ0) is 27.1. The number of rotatable bonds is 4. The predicted molar refractivity (Wildman–Crippen MR) is 131 cm³/mol. The molecule has 0 radical (unpaired) electrons. The Kier molecular flexibility index (Phi) is 7.16. The third-order valence-corrected chi connectivity index (χ3v) is 6.92. The van der Waals surface area contributed by atoms with Crippen LogP contribution in [0.15, 0.2) is 42.7 Å². The summed E-state index contributed by atoms with van der Waals surface area (Å²) in [5.41, 5.74) is -2.13. The lowest BCUT2D eigenvalue weighted by atomic mass is 9.76. The number of aliphatic hydroxyl groups excluding tert-OH is 1. The molecule has 1 aliphatic heterocycles. The van der Waals surface area contributed by atoms with Gasteiger partial charge in [-0.1, -0.05) is 19.1 Å². The van der Waals surface area contributed by atoms with E-state index in [9.17, 15) is 27.5 Å². The summed E-state index contributed by atoms with van der Waals surface area (Å²) in [6.45, 7) is 4.15. The van der Waals surface area contributed by atoms with E-state index in [0.717, 1.165) is 17.8 Å². The molecule has 0 unspecified atom stereocenters. The first kappa shape index (κ1) is 26.8. The standard InChI is InChI=1S/C19H17F4NO2.C8H13N3/c1-18(2,20)12-4-3-5-13(8-12)24-9-15-14(17(24)26)6-11(10-25)7-16(15)19(21,22)23;1-6-3-7(4-6)8-10-9-5-11(8)2/h3-8,25H,9-10H2,1-2H3;5-7H,3-4H2,1-2H3. The van der Waals surface area contributed by atoms with Crippen molar-refractivity contribution in [1.82, 2.24) is 14.8 Å². The molecule has 6 nitrogen and oxygen atoms in total. The van der Waals surface area contributed by atoms with Gasteiger partial charge < -0.3 is 14.6 Å². The van der Waals surface area contributed by atoms with Gasteiger partial charge in [0.2, 0.25) is 0 Å². The zero-order valence-electron chi connectivity index (χ0n) is 21.2. The number of fused-ring (bicyclic) bond motifs is 1. The van der Waals surface area contributed by atoms with Crippen LogP contribution in [0.2, 0.25) is 0 Å². The van der Waals surface area contributed by atoms with Crippen molar-refractivity contribution in [2.24, 2.45) is 13.0 Å². The SMILES string of the molecule is CC(C)(F)c1cccc(N2Cc3c(cc(CO)cc3C(F)(F)F)C2=O)c1.CC1CC(c2nncn2C)C1. The van der Waals surface area contributed by atoms with Gasteiger partial charge in [-0.15, -0.1) is 10.2 Å². The Morgan fingerprint density at radius 3 is 2.35 bits per heavy atom. The molecule has 2 heterocycles. The molecule has 2 aromatic carbocycles. The minimum Gasteiger partial charge on any atom is -0.392 e. The summed E-state index contributed by atoms with van der Waals surface area (Å²) in [6.07, 6.45) is -0.300. The summed E-state index contributed by atoms with van der Waals surface area (Å²) in [7, 11) is 2.01. The second kappa shape index (κ2) is 9.89. The minimum atomic E-state index is -4.64. The number of hydrogen-bond acceptors (Lipinski definition) is 4. The number of benzene rings is 2. The Labute approximate surface area is 212 Å². The fraction of sp³-hybridized carbons (Fsp3) is 0.444. The number of aromatic nitrogens is 3. The van der Waals surface area contributed by atoms with Crippen molar-refractivity contribution in [3.63, 3.8) is 0 Å². The molecule has 0 bridgehead atoms. The first-order chi connectivity index (χ1) is 17.3. The summed E-state index contributed by atoms with van der Waals surface area (Å²) in [5, 5.41) is 17.2. The highest BCUT2D eigenvalue weighted by molar-refractivity contribution is 6.10. The van der Waals surface area contributed by atoms with Crippen LogP contribution in [0.3, 0.4) is 0 Å². The van der Waals surface area contributed by atoms with Crippen LogP contribution >= 0.6 is 0 Å². The topological polar surface area (TPSA) is 71.2 Å². The van der Waals surface area contributed by atoms with E-state index in [-0.39, 0.29) is 23.2 Å². The van der Waals surface area contributed by atoms with E-state index >= 15 is 0 Å². The maximum absolute atomic E-state index is 14.2. The molecule has 0 saturated heterocycles. The molecule has 1 aliphatic carbocycles. The van der Waals surface area contributed by atoms with Gasteiger partial charge in [0.05, 0.1) is 18.7 Å². The highest BCUT2D eigenvalue weighted by atomic mass is 19.4. The summed E-state index contributed by atoms with van der Waals surface area (Å²) in [4.78, 5) is 13.9. The number of halogens is 4. The number of amides is 1. The Hall–Kier alpha value is -3.27. The van der Waals surface area contributed by atoms with E-state index in [0.29, 0.717) is 17.2 Å². The van der Waals surface area contributed by atoms with Crippen molar-refractivity contribution in [2.75, 3.05) is 4.90 Å². The Balaban J connectivity index is 0.000000241.